The standard InChI is InChI=1S/C10H11NO3/c1-2-9-10(13)14-6-8-4-3-7(5-12)11(8)9/h3-5,9H,2,6H2,1H3. The summed E-state index contributed by atoms with van der Waals surface area (Å²) in [4.78, 5) is 22.1. The van der Waals surface area contributed by atoms with E-state index in [1.807, 2.05) is 13.0 Å². The lowest BCUT2D eigenvalue weighted by Crippen LogP contribution is -2.29. The summed E-state index contributed by atoms with van der Waals surface area (Å²) in [5.41, 5.74) is 1.43. The first-order chi connectivity index (χ1) is 6.77. The zero-order valence-electron chi connectivity index (χ0n) is 7.90. The van der Waals surface area contributed by atoms with Crippen molar-refractivity contribution < 1.29 is 14.3 Å². The number of hydrogen-bond acceptors (Lipinski definition) is 3. The van der Waals surface area contributed by atoms with E-state index in [2.05, 4.69) is 0 Å². The van der Waals surface area contributed by atoms with E-state index in [4.69, 9.17) is 4.74 Å². The van der Waals surface area contributed by atoms with E-state index in [0.717, 1.165) is 12.0 Å². The Kier molecular flexibility index (Phi) is 2.11. The van der Waals surface area contributed by atoms with Gasteiger partial charge in [-0.25, -0.2) is 4.79 Å². The third kappa shape index (κ3) is 1.14. The largest absolute Gasteiger partial charge is 0.458 e. The lowest BCUT2D eigenvalue weighted by Gasteiger charge is -2.24. The average molecular weight is 193 g/mol. The lowest BCUT2D eigenvalue weighted by atomic mass is 10.2. The van der Waals surface area contributed by atoms with Gasteiger partial charge in [-0.2, -0.15) is 0 Å². The Labute approximate surface area is 81.5 Å². The molecule has 0 bridgehead atoms. The minimum Gasteiger partial charge on any atom is -0.458 e. The van der Waals surface area contributed by atoms with Crippen LogP contribution in [0, 0.1) is 0 Å². The SMILES string of the molecule is CCC1C(=O)OCc2ccc(C=O)n21. The number of carbonyl (C=O) groups excluding carboxylic acids is 2. The van der Waals surface area contributed by atoms with Gasteiger partial charge in [0.25, 0.3) is 0 Å². The molecule has 2 rings (SSSR count). The van der Waals surface area contributed by atoms with Crippen molar-refractivity contribution in [1.82, 2.24) is 4.57 Å². The molecule has 74 valence electrons. The number of rotatable bonds is 2. The van der Waals surface area contributed by atoms with E-state index < -0.39 is 0 Å². The fraction of sp³-hybridized carbons (Fsp3) is 0.400. The van der Waals surface area contributed by atoms with Crippen LogP contribution >= 0.6 is 0 Å². The summed E-state index contributed by atoms with van der Waals surface area (Å²) in [5.74, 6) is -0.251. The van der Waals surface area contributed by atoms with E-state index in [1.54, 1.807) is 10.6 Å². The van der Waals surface area contributed by atoms with Gasteiger partial charge in [-0.05, 0) is 18.6 Å². The van der Waals surface area contributed by atoms with Crippen LogP contribution in [0.15, 0.2) is 12.1 Å². The molecule has 0 saturated heterocycles. The fourth-order valence-electron chi connectivity index (χ4n) is 1.80. The quantitative estimate of drug-likeness (QED) is 0.525. The number of cyclic esters (lactones) is 1. The van der Waals surface area contributed by atoms with Gasteiger partial charge in [-0.15, -0.1) is 0 Å². The molecule has 0 amide bonds. The molecule has 2 heterocycles. The summed E-state index contributed by atoms with van der Waals surface area (Å²) in [6.07, 6.45) is 1.41. The van der Waals surface area contributed by atoms with Crippen molar-refractivity contribution in [3.05, 3.63) is 23.5 Å². The molecule has 0 aliphatic carbocycles. The van der Waals surface area contributed by atoms with E-state index in [1.165, 1.54) is 0 Å². The smallest absolute Gasteiger partial charge is 0.329 e. The minimum atomic E-state index is -0.339. The number of hydrogen-bond donors (Lipinski definition) is 0. The van der Waals surface area contributed by atoms with Crippen molar-refractivity contribution in [3.63, 3.8) is 0 Å². The van der Waals surface area contributed by atoms with Crippen LogP contribution in [0.25, 0.3) is 0 Å². The molecule has 0 saturated carbocycles. The second kappa shape index (κ2) is 3.29. The normalized spacial score (nSPS) is 20.1. The molecular weight excluding hydrogens is 182 g/mol. The summed E-state index contributed by atoms with van der Waals surface area (Å²) in [7, 11) is 0. The second-order valence-corrected chi connectivity index (χ2v) is 3.27. The van der Waals surface area contributed by atoms with Crippen LogP contribution in [0.4, 0.5) is 0 Å². The molecule has 1 aromatic rings. The van der Waals surface area contributed by atoms with Crippen molar-refractivity contribution in [2.24, 2.45) is 0 Å². The monoisotopic (exact) mass is 193 g/mol. The van der Waals surface area contributed by atoms with Crippen LogP contribution in [0.2, 0.25) is 0 Å². The molecular formula is C10H11NO3. The van der Waals surface area contributed by atoms with Gasteiger partial charge < -0.3 is 9.30 Å². The highest BCUT2D eigenvalue weighted by Gasteiger charge is 2.28. The lowest BCUT2D eigenvalue weighted by molar-refractivity contribution is -0.152. The molecule has 0 N–H and O–H groups in total. The van der Waals surface area contributed by atoms with Crippen LogP contribution in [0.1, 0.15) is 35.6 Å². The molecule has 1 unspecified atom stereocenters. The second-order valence-electron chi connectivity index (χ2n) is 3.27. The zero-order chi connectivity index (χ0) is 10.1. The highest BCUT2D eigenvalue weighted by molar-refractivity contribution is 5.79. The molecule has 0 radical (unpaired) electrons. The van der Waals surface area contributed by atoms with E-state index >= 15 is 0 Å². The Morgan fingerprint density at radius 3 is 3.07 bits per heavy atom. The summed E-state index contributed by atoms with van der Waals surface area (Å²) in [5, 5.41) is 0. The van der Waals surface area contributed by atoms with Crippen molar-refractivity contribution in [2.75, 3.05) is 0 Å². The number of nitrogens with zero attached hydrogens (tertiary/aromatic N) is 1. The van der Waals surface area contributed by atoms with Crippen LogP contribution in [-0.4, -0.2) is 16.8 Å². The highest BCUT2D eigenvalue weighted by Crippen LogP contribution is 2.25. The maximum Gasteiger partial charge on any atom is 0.329 e. The van der Waals surface area contributed by atoms with E-state index in [0.29, 0.717) is 12.1 Å². The fourth-order valence-corrected chi connectivity index (χ4v) is 1.80. The first-order valence-electron chi connectivity index (χ1n) is 4.59. The predicted octanol–water partition coefficient (Wildman–Crippen LogP) is 1.31. The number of fused-ring (bicyclic) bond motifs is 1. The average Bonchev–Trinajstić information content (AvgIpc) is 2.61. The van der Waals surface area contributed by atoms with Crippen molar-refractivity contribution >= 4 is 12.3 Å². The molecule has 1 aliphatic rings. The molecule has 1 aliphatic heterocycles. The Morgan fingerprint density at radius 2 is 2.43 bits per heavy atom. The first-order valence-corrected chi connectivity index (χ1v) is 4.59. The Bertz CT molecular complexity index is 381. The topological polar surface area (TPSA) is 48.3 Å². The zero-order valence-corrected chi connectivity index (χ0v) is 7.90. The number of esters is 1. The van der Waals surface area contributed by atoms with Gasteiger partial charge in [0.05, 0.1) is 11.4 Å². The first kappa shape index (κ1) is 8.99. The molecule has 1 aromatic heterocycles. The van der Waals surface area contributed by atoms with Gasteiger partial charge in [0.2, 0.25) is 0 Å². The highest BCUT2D eigenvalue weighted by atomic mass is 16.5. The Morgan fingerprint density at radius 1 is 1.64 bits per heavy atom. The van der Waals surface area contributed by atoms with Gasteiger partial charge in [0, 0.05) is 0 Å². The van der Waals surface area contributed by atoms with Crippen molar-refractivity contribution in [3.8, 4) is 0 Å². The number of ether oxygens (including phenoxy) is 1. The van der Waals surface area contributed by atoms with Crippen LogP contribution in [-0.2, 0) is 16.1 Å². The van der Waals surface area contributed by atoms with Crippen molar-refractivity contribution in [1.29, 1.82) is 0 Å². The van der Waals surface area contributed by atoms with E-state index in [-0.39, 0.29) is 18.6 Å². The molecule has 0 fully saturated rings. The summed E-state index contributed by atoms with van der Waals surface area (Å²) >= 11 is 0. The predicted molar refractivity (Wildman–Crippen MR) is 48.9 cm³/mol. The maximum absolute atomic E-state index is 11.4. The van der Waals surface area contributed by atoms with Crippen molar-refractivity contribution in [2.45, 2.75) is 26.0 Å². The number of aromatic nitrogens is 1. The minimum absolute atomic E-state index is 0.251. The summed E-state index contributed by atoms with van der Waals surface area (Å²) in [6.45, 7) is 2.17. The Hall–Kier alpha value is -1.58. The Balaban J connectivity index is 2.52. The van der Waals surface area contributed by atoms with Crippen LogP contribution in [0.3, 0.4) is 0 Å². The summed E-state index contributed by atoms with van der Waals surface area (Å²) in [6, 6.07) is 3.19. The van der Waals surface area contributed by atoms with Gasteiger partial charge in [0.1, 0.15) is 12.6 Å². The molecule has 0 aromatic carbocycles. The van der Waals surface area contributed by atoms with Gasteiger partial charge in [0.15, 0.2) is 6.29 Å². The van der Waals surface area contributed by atoms with Crippen LogP contribution < -0.4 is 0 Å². The third-order valence-corrected chi connectivity index (χ3v) is 2.49. The van der Waals surface area contributed by atoms with Gasteiger partial charge in [-0.1, -0.05) is 6.92 Å². The molecule has 0 spiro atoms. The molecule has 4 nitrogen and oxygen atoms in total. The van der Waals surface area contributed by atoms with Crippen LogP contribution in [0.5, 0.6) is 0 Å². The molecule has 1 atom stereocenters. The number of carbonyl (C=O) groups is 2. The van der Waals surface area contributed by atoms with Gasteiger partial charge >= 0.3 is 5.97 Å². The summed E-state index contributed by atoms with van der Waals surface area (Å²) < 4.78 is 6.75. The van der Waals surface area contributed by atoms with E-state index in [9.17, 15) is 9.59 Å². The van der Waals surface area contributed by atoms with Gasteiger partial charge in [-0.3, -0.25) is 4.79 Å². The molecule has 4 heteroatoms. The third-order valence-electron chi connectivity index (χ3n) is 2.49. The number of aldehydes is 1. The molecule has 14 heavy (non-hydrogen) atoms. The maximum atomic E-state index is 11.4.